The van der Waals surface area contributed by atoms with E-state index in [0.29, 0.717) is 5.91 Å². The van der Waals surface area contributed by atoms with E-state index in [1.807, 2.05) is 4.90 Å². The maximum absolute atomic E-state index is 11.5. The number of nitrogens with zero attached hydrogens (tertiary/aromatic N) is 3. The molecule has 4 heteroatoms. The molecule has 0 aliphatic carbocycles. The van der Waals surface area contributed by atoms with Gasteiger partial charge in [-0.05, 0) is 59.4 Å². The smallest absolute Gasteiger partial charge is 0.222 e. The molecule has 0 bridgehead atoms. The molecule has 0 aromatic heterocycles. The van der Waals surface area contributed by atoms with Crippen LogP contribution in [0.2, 0.25) is 0 Å². The number of hydrogen-bond acceptors (Lipinski definition) is 3. The number of rotatable bonds is 5. The molecule has 0 spiro atoms. The maximum atomic E-state index is 11.5. The third-order valence-corrected chi connectivity index (χ3v) is 4.42. The van der Waals surface area contributed by atoms with Gasteiger partial charge in [0.15, 0.2) is 0 Å². The number of hydrogen-bond donors (Lipinski definition) is 0. The Bertz CT molecular complexity index is 274. The van der Waals surface area contributed by atoms with E-state index in [4.69, 9.17) is 0 Å². The molecular weight excluding hydrogens is 226 g/mol. The molecule has 4 nitrogen and oxygen atoms in total. The topological polar surface area (TPSA) is 26.8 Å². The van der Waals surface area contributed by atoms with Crippen molar-refractivity contribution < 1.29 is 4.79 Å². The van der Waals surface area contributed by atoms with Crippen LogP contribution in [0.15, 0.2) is 0 Å². The Balaban J connectivity index is 1.62. The molecule has 0 saturated carbocycles. The zero-order valence-electron chi connectivity index (χ0n) is 11.9. The van der Waals surface area contributed by atoms with Crippen LogP contribution in [-0.4, -0.2) is 73.5 Å². The molecule has 104 valence electrons. The van der Waals surface area contributed by atoms with Crippen LogP contribution in [-0.2, 0) is 4.79 Å². The molecule has 2 rings (SSSR count). The van der Waals surface area contributed by atoms with Gasteiger partial charge in [-0.1, -0.05) is 0 Å². The van der Waals surface area contributed by atoms with E-state index < -0.39 is 0 Å². The number of piperidine rings is 1. The second-order valence-corrected chi connectivity index (χ2v) is 5.85. The molecule has 2 heterocycles. The lowest BCUT2D eigenvalue weighted by molar-refractivity contribution is -0.127. The van der Waals surface area contributed by atoms with Crippen LogP contribution >= 0.6 is 0 Å². The maximum Gasteiger partial charge on any atom is 0.222 e. The standard InChI is InChI=1S/C14H27N3O/c1-15-11-6-13(7-12-15)16(2)8-4-10-17-9-3-5-14(17)18/h13H,3-12H2,1-2H3. The van der Waals surface area contributed by atoms with Gasteiger partial charge in [0.25, 0.3) is 0 Å². The lowest BCUT2D eigenvalue weighted by Gasteiger charge is -2.35. The summed E-state index contributed by atoms with van der Waals surface area (Å²) in [6.45, 7) is 5.50. The van der Waals surface area contributed by atoms with Crippen molar-refractivity contribution in [3.63, 3.8) is 0 Å². The lowest BCUT2D eigenvalue weighted by atomic mass is 10.0. The summed E-state index contributed by atoms with van der Waals surface area (Å²) in [5.74, 6) is 0.358. The van der Waals surface area contributed by atoms with Crippen molar-refractivity contribution in [1.29, 1.82) is 0 Å². The van der Waals surface area contributed by atoms with Gasteiger partial charge in [0.1, 0.15) is 0 Å². The SMILES string of the molecule is CN1CCC(N(C)CCCN2CCCC2=O)CC1. The molecule has 0 N–H and O–H groups in total. The summed E-state index contributed by atoms with van der Waals surface area (Å²) in [6.07, 6.45) is 5.52. The Kier molecular flexibility index (Phi) is 5.01. The van der Waals surface area contributed by atoms with Gasteiger partial charge < -0.3 is 14.7 Å². The first kappa shape index (κ1) is 13.8. The van der Waals surface area contributed by atoms with Crippen molar-refractivity contribution in [2.45, 2.75) is 38.1 Å². The van der Waals surface area contributed by atoms with Gasteiger partial charge in [-0.15, -0.1) is 0 Å². The molecule has 18 heavy (non-hydrogen) atoms. The predicted octanol–water partition coefficient (Wildman–Crippen LogP) is 1.02. The highest BCUT2D eigenvalue weighted by molar-refractivity contribution is 5.77. The number of likely N-dealkylation sites (tertiary alicyclic amines) is 2. The molecule has 0 unspecified atom stereocenters. The molecule has 2 aliphatic heterocycles. The second kappa shape index (κ2) is 6.53. The fourth-order valence-corrected chi connectivity index (χ4v) is 3.07. The first-order valence-electron chi connectivity index (χ1n) is 7.33. The highest BCUT2D eigenvalue weighted by atomic mass is 16.2. The molecular formula is C14H27N3O. The van der Waals surface area contributed by atoms with E-state index in [0.717, 1.165) is 44.9 Å². The fourth-order valence-electron chi connectivity index (χ4n) is 3.07. The third kappa shape index (κ3) is 3.69. The first-order valence-corrected chi connectivity index (χ1v) is 7.33. The predicted molar refractivity (Wildman–Crippen MR) is 73.6 cm³/mol. The van der Waals surface area contributed by atoms with Crippen LogP contribution in [0, 0.1) is 0 Å². The Morgan fingerprint density at radius 1 is 1.28 bits per heavy atom. The van der Waals surface area contributed by atoms with Crippen LogP contribution in [0.1, 0.15) is 32.1 Å². The summed E-state index contributed by atoms with van der Waals surface area (Å²) in [5.41, 5.74) is 0. The average Bonchev–Trinajstić information content (AvgIpc) is 2.76. The van der Waals surface area contributed by atoms with Crippen LogP contribution in [0.4, 0.5) is 0 Å². The summed E-state index contributed by atoms with van der Waals surface area (Å²) < 4.78 is 0. The highest BCUT2D eigenvalue weighted by Gasteiger charge is 2.22. The number of carbonyl (C=O) groups is 1. The molecule has 1 amide bonds. The van der Waals surface area contributed by atoms with Crippen LogP contribution in [0.5, 0.6) is 0 Å². The lowest BCUT2D eigenvalue weighted by Crippen LogP contribution is -2.42. The average molecular weight is 253 g/mol. The molecule has 2 fully saturated rings. The second-order valence-electron chi connectivity index (χ2n) is 5.85. The molecule has 0 aromatic carbocycles. The van der Waals surface area contributed by atoms with Crippen molar-refractivity contribution in [3.05, 3.63) is 0 Å². The molecule has 2 aliphatic rings. The van der Waals surface area contributed by atoms with Gasteiger partial charge in [-0.25, -0.2) is 0 Å². The normalized spacial score (nSPS) is 23.3. The van der Waals surface area contributed by atoms with Crippen LogP contribution < -0.4 is 0 Å². The van der Waals surface area contributed by atoms with Gasteiger partial charge in [-0.3, -0.25) is 4.79 Å². The Morgan fingerprint density at radius 3 is 2.61 bits per heavy atom. The number of amides is 1. The van der Waals surface area contributed by atoms with Gasteiger partial charge in [0, 0.05) is 25.6 Å². The van der Waals surface area contributed by atoms with Gasteiger partial charge in [-0.2, -0.15) is 0 Å². The Labute approximate surface area is 111 Å². The van der Waals surface area contributed by atoms with E-state index in [-0.39, 0.29) is 0 Å². The van der Waals surface area contributed by atoms with E-state index in [9.17, 15) is 4.79 Å². The quantitative estimate of drug-likeness (QED) is 0.732. The van der Waals surface area contributed by atoms with E-state index in [1.165, 1.54) is 25.9 Å². The monoisotopic (exact) mass is 253 g/mol. The van der Waals surface area contributed by atoms with E-state index >= 15 is 0 Å². The first-order chi connectivity index (χ1) is 8.66. The summed E-state index contributed by atoms with van der Waals surface area (Å²) in [6, 6.07) is 0.746. The summed E-state index contributed by atoms with van der Waals surface area (Å²) in [5, 5.41) is 0. The third-order valence-electron chi connectivity index (χ3n) is 4.42. The molecule has 0 aromatic rings. The van der Waals surface area contributed by atoms with E-state index in [1.54, 1.807) is 0 Å². The summed E-state index contributed by atoms with van der Waals surface area (Å²) in [7, 11) is 4.44. The fraction of sp³-hybridized carbons (Fsp3) is 0.929. The van der Waals surface area contributed by atoms with Gasteiger partial charge in [0.05, 0.1) is 0 Å². The molecule has 0 radical (unpaired) electrons. The van der Waals surface area contributed by atoms with Crippen LogP contribution in [0.3, 0.4) is 0 Å². The zero-order valence-corrected chi connectivity index (χ0v) is 11.9. The minimum Gasteiger partial charge on any atom is -0.343 e. The van der Waals surface area contributed by atoms with Crippen molar-refractivity contribution in [2.24, 2.45) is 0 Å². The Hall–Kier alpha value is -0.610. The minimum atomic E-state index is 0.358. The zero-order chi connectivity index (χ0) is 13.0. The minimum absolute atomic E-state index is 0.358. The summed E-state index contributed by atoms with van der Waals surface area (Å²) in [4.78, 5) is 18.4. The van der Waals surface area contributed by atoms with Gasteiger partial charge in [0.2, 0.25) is 5.91 Å². The summed E-state index contributed by atoms with van der Waals surface area (Å²) >= 11 is 0. The number of carbonyl (C=O) groups excluding carboxylic acids is 1. The molecule has 2 saturated heterocycles. The van der Waals surface area contributed by atoms with Crippen LogP contribution in [0.25, 0.3) is 0 Å². The van der Waals surface area contributed by atoms with Crippen molar-refractivity contribution in [3.8, 4) is 0 Å². The van der Waals surface area contributed by atoms with Crippen molar-refractivity contribution in [2.75, 3.05) is 46.8 Å². The Morgan fingerprint density at radius 2 is 2.00 bits per heavy atom. The van der Waals surface area contributed by atoms with E-state index in [2.05, 4.69) is 23.9 Å². The van der Waals surface area contributed by atoms with Crippen molar-refractivity contribution in [1.82, 2.24) is 14.7 Å². The van der Waals surface area contributed by atoms with Crippen molar-refractivity contribution >= 4 is 5.91 Å². The molecule has 0 atom stereocenters. The largest absolute Gasteiger partial charge is 0.343 e. The highest BCUT2D eigenvalue weighted by Crippen LogP contribution is 2.15. The van der Waals surface area contributed by atoms with Gasteiger partial charge >= 0.3 is 0 Å².